The molecule has 2 heterocycles. The highest BCUT2D eigenvalue weighted by molar-refractivity contribution is 6.00. The maximum atomic E-state index is 12.7. The molecular formula is C24H23N5O. The number of ketones is 1. The summed E-state index contributed by atoms with van der Waals surface area (Å²) in [6.45, 7) is 11.6. The van der Waals surface area contributed by atoms with E-state index in [1.807, 2.05) is 50.6 Å². The first-order valence-corrected chi connectivity index (χ1v) is 10.2. The van der Waals surface area contributed by atoms with Gasteiger partial charge in [-0.1, -0.05) is 50.3 Å². The SMILES string of the molecule is [C-]#[N+]C1=C[C@]2(C)c3nc(-c4ccccc4)n(-c4cnn(C)c4)c3CC[C@H]2[C@H](C)C1=O. The summed E-state index contributed by atoms with van der Waals surface area (Å²) in [6.07, 6.45) is 7.45. The summed E-state index contributed by atoms with van der Waals surface area (Å²) in [5.41, 5.74) is 3.92. The van der Waals surface area contributed by atoms with Crippen molar-refractivity contribution in [1.82, 2.24) is 19.3 Å². The van der Waals surface area contributed by atoms with Gasteiger partial charge in [-0.15, -0.1) is 0 Å². The molecule has 3 atom stereocenters. The molecular weight excluding hydrogens is 374 g/mol. The number of allylic oxidation sites excluding steroid dienone is 2. The molecule has 6 heteroatoms. The molecule has 6 nitrogen and oxygen atoms in total. The molecule has 0 amide bonds. The van der Waals surface area contributed by atoms with Crippen molar-refractivity contribution in [2.75, 3.05) is 0 Å². The molecule has 3 aromatic rings. The van der Waals surface area contributed by atoms with E-state index in [-0.39, 0.29) is 23.3 Å². The van der Waals surface area contributed by atoms with E-state index in [0.717, 1.165) is 41.3 Å². The smallest absolute Gasteiger partial charge is 0.226 e. The summed E-state index contributed by atoms with van der Waals surface area (Å²) in [4.78, 5) is 21.4. The predicted molar refractivity (Wildman–Crippen MR) is 114 cm³/mol. The Morgan fingerprint density at radius 2 is 2.03 bits per heavy atom. The van der Waals surface area contributed by atoms with Crippen LogP contribution in [0.4, 0.5) is 0 Å². The zero-order valence-corrected chi connectivity index (χ0v) is 17.3. The minimum atomic E-state index is -0.447. The molecule has 2 aromatic heterocycles. The van der Waals surface area contributed by atoms with Crippen molar-refractivity contribution in [3.63, 3.8) is 0 Å². The van der Waals surface area contributed by atoms with E-state index in [1.54, 1.807) is 4.68 Å². The van der Waals surface area contributed by atoms with Crippen molar-refractivity contribution in [2.24, 2.45) is 18.9 Å². The number of Topliss-reactive ketones (excluding diaryl/α,β-unsaturated/α-hetero) is 1. The van der Waals surface area contributed by atoms with Crippen LogP contribution in [0.5, 0.6) is 0 Å². The van der Waals surface area contributed by atoms with Crippen LogP contribution in [-0.4, -0.2) is 25.1 Å². The van der Waals surface area contributed by atoms with E-state index in [2.05, 4.69) is 33.6 Å². The van der Waals surface area contributed by atoms with E-state index in [0.29, 0.717) is 0 Å². The Kier molecular flexibility index (Phi) is 4.04. The highest BCUT2D eigenvalue weighted by Gasteiger charge is 2.50. The van der Waals surface area contributed by atoms with Crippen LogP contribution in [0.2, 0.25) is 0 Å². The third-order valence-corrected chi connectivity index (χ3v) is 6.75. The number of carbonyl (C=O) groups excluding carboxylic acids is 1. The fraction of sp³-hybridized carbons (Fsp3) is 0.333. The van der Waals surface area contributed by atoms with Gasteiger partial charge in [0, 0.05) is 35.8 Å². The Morgan fingerprint density at radius 1 is 1.27 bits per heavy atom. The Bertz CT molecular complexity index is 1230. The number of fused-ring (bicyclic) bond motifs is 3. The molecule has 150 valence electrons. The number of hydrogen-bond acceptors (Lipinski definition) is 3. The molecule has 0 spiro atoms. The van der Waals surface area contributed by atoms with Crippen LogP contribution < -0.4 is 0 Å². The van der Waals surface area contributed by atoms with Crippen LogP contribution in [0.1, 0.15) is 31.7 Å². The van der Waals surface area contributed by atoms with Crippen molar-refractivity contribution >= 4 is 5.78 Å². The lowest BCUT2D eigenvalue weighted by molar-refractivity contribution is -0.121. The van der Waals surface area contributed by atoms with Gasteiger partial charge in [0.25, 0.3) is 0 Å². The Hall–Kier alpha value is -3.46. The first-order chi connectivity index (χ1) is 14.4. The zero-order valence-electron chi connectivity index (χ0n) is 17.3. The standard InChI is InChI=1S/C24H23N5O/c1-15-18-10-11-20-22(24(18,2)12-19(25-3)21(15)30)27-23(16-8-6-5-7-9-16)29(20)17-13-26-28(4)14-17/h5-9,12-15,18H,10-11H2,1-2,4H3/t15-,18-,24-/m0/s1. The van der Waals surface area contributed by atoms with Crippen LogP contribution in [0.25, 0.3) is 21.9 Å². The van der Waals surface area contributed by atoms with E-state index in [9.17, 15) is 4.79 Å². The van der Waals surface area contributed by atoms with E-state index >= 15 is 0 Å². The van der Waals surface area contributed by atoms with Crippen molar-refractivity contribution in [3.05, 3.63) is 77.3 Å². The normalized spacial score (nSPS) is 25.3. The molecule has 30 heavy (non-hydrogen) atoms. The summed E-state index contributed by atoms with van der Waals surface area (Å²) >= 11 is 0. The van der Waals surface area contributed by atoms with Gasteiger partial charge in [-0.2, -0.15) is 5.10 Å². The number of nitrogens with zero attached hydrogens (tertiary/aromatic N) is 5. The van der Waals surface area contributed by atoms with Gasteiger partial charge in [0.15, 0.2) is 5.78 Å². The van der Waals surface area contributed by atoms with Crippen LogP contribution in [0.15, 0.2) is 54.5 Å². The molecule has 0 aliphatic heterocycles. The van der Waals surface area contributed by atoms with E-state index in [1.165, 1.54) is 0 Å². The monoisotopic (exact) mass is 397 g/mol. The van der Waals surface area contributed by atoms with Gasteiger partial charge in [0.2, 0.25) is 5.70 Å². The second-order valence-electron chi connectivity index (χ2n) is 8.53. The summed E-state index contributed by atoms with van der Waals surface area (Å²) in [7, 11) is 1.91. The third-order valence-electron chi connectivity index (χ3n) is 6.75. The molecule has 0 N–H and O–H groups in total. The quantitative estimate of drug-likeness (QED) is 0.612. The second-order valence-corrected chi connectivity index (χ2v) is 8.53. The van der Waals surface area contributed by atoms with Gasteiger partial charge in [0.1, 0.15) is 5.82 Å². The Labute approximate surface area is 175 Å². The number of carbonyl (C=O) groups is 1. The molecule has 5 rings (SSSR count). The number of benzene rings is 1. The molecule has 2 aliphatic carbocycles. The average molecular weight is 397 g/mol. The van der Waals surface area contributed by atoms with Gasteiger partial charge in [0.05, 0.1) is 24.2 Å². The van der Waals surface area contributed by atoms with E-state index < -0.39 is 5.41 Å². The molecule has 0 saturated carbocycles. The molecule has 0 bridgehead atoms. The first-order valence-electron chi connectivity index (χ1n) is 10.2. The van der Waals surface area contributed by atoms with Gasteiger partial charge in [-0.3, -0.25) is 9.25 Å². The van der Waals surface area contributed by atoms with Gasteiger partial charge in [-0.05, 0) is 18.8 Å². The molecule has 0 fully saturated rings. The van der Waals surface area contributed by atoms with Crippen LogP contribution in [-0.2, 0) is 23.7 Å². The molecule has 0 unspecified atom stereocenters. The van der Waals surface area contributed by atoms with Gasteiger partial charge >= 0.3 is 0 Å². The lowest BCUT2D eigenvalue weighted by Crippen LogP contribution is -2.45. The van der Waals surface area contributed by atoms with Crippen LogP contribution >= 0.6 is 0 Å². The number of imidazole rings is 1. The van der Waals surface area contributed by atoms with Crippen molar-refractivity contribution < 1.29 is 4.79 Å². The summed E-state index contributed by atoms with van der Waals surface area (Å²) in [6, 6.07) is 10.2. The van der Waals surface area contributed by atoms with E-state index in [4.69, 9.17) is 11.6 Å². The minimum Gasteiger partial charge on any atom is -0.308 e. The highest BCUT2D eigenvalue weighted by atomic mass is 16.1. The lowest BCUT2D eigenvalue weighted by Gasteiger charge is -2.44. The topological polar surface area (TPSA) is 57.1 Å². The zero-order chi connectivity index (χ0) is 21.0. The summed E-state index contributed by atoms with van der Waals surface area (Å²) in [5.74, 6) is 0.800. The maximum absolute atomic E-state index is 12.7. The molecule has 2 aliphatic rings. The van der Waals surface area contributed by atoms with Gasteiger partial charge < -0.3 is 4.79 Å². The van der Waals surface area contributed by atoms with Crippen LogP contribution in [0.3, 0.4) is 0 Å². The molecule has 0 radical (unpaired) electrons. The first kappa shape index (κ1) is 18.6. The minimum absolute atomic E-state index is 0.0362. The molecule has 1 aromatic carbocycles. The summed E-state index contributed by atoms with van der Waals surface area (Å²) in [5, 5.41) is 4.37. The summed E-state index contributed by atoms with van der Waals surface area (Å²) < 4.78 is 3.99. The second kappa shape index (κ2) is 6.53. The lowest BCUT2D eigenvalue weighted by atomic mass is 9.59. The Morgan fingerprint density at radius 3 is 2.70 bits per heavy atom. The molecule has 0 saturated heterocycles. The van der Waals surface area contributed by atoms with Crippen LogP contribution in [0, 0.1) is 18.4 Å². The fourth-order valence-electron chi connectivity index (χ4n) is 5.27. The average Bonchev–Trinajstić information content (AvgIpc) is 3.35. The van der Waals surface area contributed by atoms with Gasteiger partial charge in [-0.25, -0.2) is 9.83 Å². The number of aromatic nitrogens is 4. The predicted octanol–water partition coefficient (Wildman–Crippen LogP) is 4.11. The Balaban J connectivity index is 1.80. The maximum Gasteiger partial charge on any atom is 0.226 e. The van der Waals surface area contributed by atoms with Crippen molar-refractivity contribution in [2.45, 2.75) is 32.1 Å². The number of rotatable bonds is 2. The van der Waals surface area contributed by atoms with Crippen molar-refractivity contribution in [1.29, 1.82) is 0 Å². The number of hydrogen-bond donors (Lipinski definition) is 0. The third kappa shape index (κ3) is 2.51. The fourth-order valence-corrected chi connectivity index (χ4v) is 5.27. The largest absolute Gasteiger partial charge is 0.308 e. The highest BCUT2D eigenvalue weighted by Crippen LogP contribution is 2.50. The van der Waals surface area contributed by atoms with Crippen molar-refractivity contribution in [3.8, 4) is 17.1 Å². The number of aryl methyl sites for hydroxylation is 1.